The fourth-order valence-electron chi connectivity index (χ4n) is 2.16. The molecule has 0 radical (unpaired) electrons. The third kappa shape index (κ3) is 2.85. The summed E-state index contributed by atoms with van der Waals surface area (Å²) in [6.45, 7) is 3.13. The molecule has 0 saturated carbocycles. The van der Waals surface area contributed by atoms with Crippen LogP contribution in [0, 0.1) is 0 Å². The third-order valence-corrected chi connectivity index (χ3v) is 3.28. The van der Waals surface area contributed by atoms with Gasteiger partial charge in [0, 0.05) is 26.3 Å². The van der Waals surface area contributed by atoms with Gasteiger partial charge in [0.2, 0.25) is 0 Å². The molecule has 1 amide bonds. The Bertz CT molecular complexity index is 412. The Morgan fingerprint density at radius 1 is 1.47 bits per heavy atom. The zero-order chi connectivity index (χ0) is 12.5. The highest BCUT2D eigenvalue weighted by atomic mass is 16.3. The summed E-state index contributed by atoms with van der Waals surface area (Å²) in [5.74, 6) is -0.0386. The standard InChI is InChI=1S/C12H19N3O2/c1-12(17)5-3-7-15(9-6-12)11(16)10-4-8-14(2)13-10/h4,8,17H,3,5-7,9H2,1-2H3. The van der Waals surface area contributed by atoms with E-state index in [1.165, 1.54) is 0 Å². The molecule has 0 spiro atoms. The normalized spacial score (nSPS) is 25.7. The van der Waals surface area contributed by atoms with Crippen molar-refractivity contribution >= 4 is 5.91 Å². The lowest BCUT2D eigenvalue weighted by Crippen LogP contribution is -2.33. The van der Waals surface area contributed by atoms with Crippen molar-refractivity contribution in [1.82, 2.24) is 14.7 Å². The van der Waals surface area contributed by atoms with Gasteiger partial charge in [0.05, 0.1) is 5.60 Å². The van der Waals surface area contributed by atoms with Crippen LogP contribution in [0.1, 0.15) is 36.7 Å². The summed E-state index contributed by atoms with van der Waals surface area (Å²) in [5.41, 5.74) is -0.159. The molecule has 1 N–H and O–H groups in total. The van der Waals surface area contributed by atoms with Gasteiger partial charge in [-0.1, -0.05) is 0 Å². The Kier molecular flexibility index (Phi) is 3.19. The Morgan fingerprint density at radius 3 is 2.88 bits per heavy atom. The highest BCUT2D eigenvalue weighted by Gasteiger charge is 2.28. The summed E-state index contributed by atoms with van der Waals surface area (Å²) in [5, 5.41) is 14.1. The average Bonchev–Trinajstić information content (AvgIpc) is 2.60. The topological polar surface area (TPSA) is 58.4 Å². The van der Waals surface area contributed by atoms with E-state index in [0.717, 1.165) is 12.8 Å². The SMILES string of the molecule is Cn1ccc(C(=O)N2CCCC(C)(O)CC2)n1. The van der Waals surface area contributed by atoms with Gasteiger partial charge in [0.25, 0.3) is 5.91 Å². The van der Waals surface area contributed by atoms with Gasteiger partial charge < -0.3 is 10.0 Å². The first kappa shape index (κ1) is 12.1. The highest BCUT2D eigenvalue weighted by molar-refractivity contribution is 5.92. The second-order valence-electron chi connectivity index (χ2n) is 5.02. The van der Waals surface area contributed by atoms with Crippen LogP contribution in [0.25, 0.3) is 0 Å². The summed E-state index contributed by atoms with van der Waals surface area (Å²) in [6.07, 6.45) is 3.98. The summed E-state index contributed by atoms with van der Waals surface area (Å²) < 4.78 is 1.63. The predicted molar refractivity (Wildman–Crippen MR) is 63.6 cm³/mol. The van der Waals surface area contributed by atoms with Crippen LogP contribution in [0.2, 0.25) is 0 Å². The number of rotatable bonds is 1. The zero-order valence-electron chi connectivity index (χ0n) is 10.4. The van der Waals surface area contributed by atoms with E-state index in [1.807, 2.05) is 6.92 Å². The number of amides is 1. The number of aromatic nitrogens is 2. The molecule has 0 aliphatic carbocycles. The maximum Gasteiger partial charge on any atom is 0.274 e. The van der Waals surface area contributed by atoms with Crippen LogP contribution in [-0.4, -0.2) is 44.4 Å². The van der Waals surface area contributed by atoms with E-state index in [0.29, 0.717) is 25.2 Å². The largest absolute Gasteiger partial charge is 0.390 e. The lowest BCUT2D eigenvalue weighted by molar-refractivity contribution is 0.0437. The molecule has 5 nitrogen and oxygen atoms in total. The molecule has 1 aliphatic heterocycles. The van der Waals surface area contributed by atoms with Crippen molar-refractivity contribution in [3.05, 3.63) is 18.0 Å². The predicted octanol–water partition coefficient (Wildman–Crippen LogP) is 0.797. The number of hydrogen-bond acceptors (Lipinski definition) is 3. The maximum atomic E-state index is 12.1. The minimum atomic E-state index is -0.640. The van der Waals surface area contributed by atoms with E-state index in [2.05, 4.69) is 5.10 Å². The van der Waals surface area contributed by atoms with Crippen LogP contribution < -0.4 is 0 Å². The fourth-order valence-corrected chi connectivity index (χ4v) is 2.16. The van der Waals surface area contributed by atoms with Gasteiger partial charge in [0.15, 0.2) is 0 Å². The molecule has 0 aromatic carbocycles. The molecule has 94 valence electrons. The van der Waals surface area contributed by atoms with Crippen LogP contribution in [0.5, 0.6) is 0 Å². The van der Waals surface area contributed by atoms with E-state index in [-0.39, 0.29) is 5.91 Å². The van der Waals surface area contributed by atoms with Crippen LogP contribution in [0.4, 0.5) is 0 Å². The monoisotopic (exact) mass is 237 g/mol. The first-order chi connectivity index (χ1) is 7.98. The second-order valence-corrected chi connectivity index (χ2v) is 5.02. The lowest BCUT2D eigenvalue weighted by Gasteiger charge is -2.21. The Balaban J connectivity index is 2.05. The zero-order valence-corrected chi connectivity index (χ0v) is 10.4. The number of hydrogen-bond donors (Lipinski definition) is 1. The summed E-state index contributed by atoms with van der Waals surface area (Å²) in [4.78, 5) is 13.9. The molecule has 1 aromatic rings. The Labute approximate surface area is 101 Å². The second kappa shape index (κ2) is 4.49. The van der Waals surface area contributed by atoms with Gasteiger partial charge in [-0.15, -0.1) is 0 Å². The quantitative estimate of drug-likeness (QED) is 0.786. The van der Waals surface area contributed by atoms with E-state index in [1.54, 1.807) is 28.9 Å². The molecular weight excluding hydrogens is 218 g/mol. The highest BCUT2D eigenvalue weighted by Crippen LogP contribution is 2.22. The van der Waals surface area contributed by atoms with Crippen LogP contribution in [0.3, 0.4) is 0 Å². The Hall–Kier alpha value is -1.36. The van der Waals surface area contributed by atoms with E-state index in [4.69, 9.17) is 0 Å². The minimum absolute atomic E-state index is 0.0386. The third-order valence-electron chi connectivity index (χ3n) is 3.28. The Morgan fingerprint density at radius 2 is 2.24 bits per heavy atom. The number of aryl methyl sites for hydroxylation is 1. The lowest BCUT2D eigenvalue weighted by atomic mass is 9.98. The first-order valence-electron chi connectivity index (χ1n) is 5.99. The average molecular weight is 237 g/mol. The molecule has 1 aliphatic rings. The summed E-state index contributed by atoms with van der Waals surface area (Å²) in [7, 11) is 1.80. The van der Waals surface area contributed by atoms with Crippen molar-refractivity contribution in [3.8, 4) is 0 Å². The van der Waals surface area contributed by atoms with Crippen LogP contribution in [-0.2, 0) is 7.05 Å². The smallest absolute Gasteiger partial charge is 0.274 e. The van der Waals surface area contributed by atoms with Crippen molar-refractivity contribution < 1.29 is 9.90 Å². The maximum absolute atomic E-state index is 12.1. The van der Waals surface area contributed by atoms with Crippen LogP contribution >= 0.6 is 0 Å². The van der Waals surface area contributed by atoms with Gasteiger partial charge in [-0.25, -0.2) is 0 Å². The van der Waals surface area contributed by atoms with Gasteiger partial charge in [-0.05, 0) is 32.3 Å². The minimum Gasteiger partial charge on any atom is -0.390 e. The van der Waals surface area contributed by atoms with Crippen molar-refractivity contribution in [2.24, 2.45) is 7.05 Å². The van der Waals surface area contributed by atoms with Crippen molar-refractivity contribution in [3.63, 3.8) is 0 Å². The molecule has 2 rings (SSSR count). The molecule has 1 atom stereocenters. The molecule has 5 heteroatoms. The van der Waals surface area contributed by atoms with Crippen molar-refractivity contribution in [1.29, 1.82) is 0 Å². The molecule has 0 bridgehead atoms. The molecular formula is C12H19N3O2. The number of nitrogens with zero attached hydrogens (tertiary/aromatic N) is 3. The number of likely N-dealkylation sites (tertiary alicyclic amines) is 1. The molecule has 1 aromatic heterocycles. The molecule has 2 heterocycles. The van der Waals surface area contributed by atoms with Gasteiger partial charge in [-0.3, -0.25) is 9.48 Å². The van der Waals surface area contributed by atoms with E-state index in [9.17, 15) is 9.90 Å². The van der Waals surface area contributed by atoms with Gasteiger partial charge in [0.1, 0.15) is 5.69 Å². The fraction of sp³-hybridized carbons (Fsp3) is 0.667. The van der Waals surface area contributed by atoms with E-state index >= 15 is 0 Å². The molecule has 17 heavy (non-hydrogen) atoms. The molecule has 1 unspecified atom stereocenters. The summed E-state index contributed by atoms with van der Waals surface area (Å²) >= 11 is 0. The van der Waals surface area contributed by atoms with Crippen LogP contribution in [0.15, 0.2) is 12.3 Å². The van der Waals surface area contributed by atoms with Crippen molar-refractivity contribution in [2.45, 2.75) is 31.8 Å². The van der Waals surface area contributed by atoms with Gasteiger partial charge >= 0.3 is 0 Å². The molecule has 1 fully saturated rings. The number of aliphatic hydroxyl groups is 1. The summed E-state index contributed by atoms with van der Waals surface area (Å²) in [6, 6.07) is 1.73. The van der Waals surface area contributed by atoms with Crippen molar-refractivity contribution in [2.75, 3.05) is 13.1 Å². The first-order valence-corrected chi connectivity index (χ1v) is 5.99. The van der Waals surface area contributed by atoms with Gasteiger partial charge in [-0.2, -0.15) is 5.10 Å². The van der Waals surface area contributed by atoms with E-state index < -0.39 is 5.60 Å². The number of carbonyl (C=O) groups is 1. The molecule has 1 saturated heterocycles. The number of carbonyl (C=O) groups excluding carboxylic acids is 1.